The highest BCUT2D eigenvalue weighted by atomic mass is 16.2. The van der Waals surface area contributed by atoms with Gasteiger partial charge in [-0.1, -0.05) is 36.4 Å². The Morgan fingerprint density at radius 1 is 1.18 bits per heavy atom. The summed E-state index contributed by atoms with van der Waals surface area (Å²) in [6.45, 7) is 1.18. The predicted octanol–water partition coefficient (Wildman–Crippen LogP) is 2.33. The maximum absolute atomic E-state index is 12.7. The number of aromatic amines is 1. The smallest absolute Gasteiger partial charge is 0.276 e. The lowest BCUT2D eigenvalue weighted by Gasteiger charge is -2.14. The van der Waals surface area contributed by atoms with Crippen LogP contribution in [0.25, 0.3) is 11.1 Å². The van der Waals surface area contributed by atoms with Crippen molar-refractivity contribution >= 4 is 17.5 Å². The van der Waals surface area contributed by atoms with Gasteiger partial charge in [0.15, 0.2) is 5.69 Å². The summed E-state index contributed by atoms with van der Waals surface area (Å²) in [5, 5.41) is 15.5. The van der Waals surface area contributed by atoms with E-state index < -0.39 is 0 Å². The Hall–Kier alpha value is -3.45. The second-order valence-electron chi connectivity index (χ2n) is 6.65. The van der Waals surface area contributed by atoms with Crippen LogP contribution >= 0.6 is 0 Å². The molecular formula is C21H21N5O2. The quantitative estimate of drug-likeness (QED) is 0.550. The number of H-pyrrole nitrogens is 1. The highest BCUT2D eigenvalue weighted by Crippen LogP contribution is 2.27. The second kappa shape index (κ2) is 7.66. The van der Waals surface area contributed by atoms with Crippen LogP contribution in [0, 0.1) is 0 Å². The average Bonchev–Trinajstić information content (AvgIpc) is 3.15. The Kier molecular flexibility index (Phi) is 4.90. The maximum atomic E-state index is 12.7. The number of nitrogens with one attached hydrogen (secondary N) is 4. The molecule has 2 amide bonds. The molecule has 7 nitrogen and oxygen atoms in total. The summed E-state index contributed by atoms with van der Waals surface area (Å²) in [6.07, 6.45) is 0.582. The number of fused-ring (bicyclic) bond motifs is 1. The van der Waals surface area contributed by atoms with E-state index in [-0.39, 0.29) is 17.5 Å². The molecule has 1 aliphatic heterocycles. The lowest BCUT2D eigenvalue weighted by molar-refractivity contribution is 0.0941. The van der Waals surface area contributed by atoms with Gasteiger partial charge in [0.2, 0.25) is 0 Å². The van der Waals surface area contributed by atoms with E-state index >= 15 is 0 Å². The van der Waals surface area contributed by atoms with Gasteiger partial charge in [0.05, 0.1) is 0 Å². The van der Waals surface area contributed by atoms with Crippen molar-refractivity contribution in [2.45, 2.75) is 13.0 Å². The van der Waals surface area contributed by atoms with E-state index in [2.05, 4.69) is 38.3 Å². The van der Waals surface area contributed by atoms with Crippen molar-refractivity contribution in [3.8, 4) is 11.1 Å². The van der Waals surface area contributed by atoms with Crippen LogP contribution in [-0.2, 0) is 13.0 Å². The number of rotatable bonds is 5. The number of hydrogen-bond acceptors (Lipinski definition) is 4. The van der Waals surface area contributed by atoms with Crippen molar-refractivity contribution in [1.82, 2.24) is 20.8 Å². The summed E-state index contributed by atoms with van der Waals surface area (Å²) >= 11 is 0. The highest BCUT2D eigenvalue weighted by Gasteiger charge is 2.26. The maximum Gasteiger partial charge on any atom is 0.276 e. The van der Waals surface area contributed by atoms with Gasteiger partial charge in [0, 0.05) is 24.3 Å². The number of hydrogen-bond donors (Lipinski definition) is 4. The first-order valence-electron chi connectivity index (χ1n) is 9.17. The van der Waals surface area contributed by atoms with Crippen molar-refractivity contribution < 1.29 is 9.59 Å². The monoisotopic (exact) mass is 375 g/mol. The number of nitrogens with zero attached hydrogens (tertiary/aromatic N) is 1. The van der Waals surface area contributed by atoms with Crippen molar-refractivity contribution in [3.05, 3.63) is 71.0 Å². The Bertz CT molecular complexity index is 1030. The molecule has 7 heteroatoms. The van der Waals surface area contributed by atoms with Crippen LogP contribution in [0.4, 0.5) is 5.69 Å². The third kappa shape index (κ3) is 3.39. The van der Waals surface area contributed by atoms with E-state index in [0.717, 1.165) is 16.7 Å². The molecule has 0 unspecified atom stereocenters. The summed E-state index contributed by atoms with van der Waals surface area (Å²) < 4.78 is 0. The first-order chi connectivity index (χ1) is 13.7. The standard InChI is InChI=1S/C21H21N5O2/c1-22-12-14-11-15(7-8-16(14)13-5-3-2-4-6-13)24-21(28)19-17-9-10-23-20(27)18(17)25-26-19/h2-8,11,22H,9-10,12H2,1H3,(H,23,27)(H,24,28)(H,25,26). The Balaban J connectivity index is 1.61. The molecule has 0 radical (unpaired) electrons. The highest BCUT2D eigenvalue weighted by molar-refractivity contribution is 6.06. The van der Waals surface area contributed by atoms with Crippen molar-refractivity contribution in [2.75, 3.05) is 18.9 Å². The number of carbonyl (C=O) groups excluding carboxylic acids is 2. The third-order valence-electron chi connectivity index (χ3n) is 4.78. The molecule has 28 heavy (non-hydrogen) atoms. The largest absolute Gasteiger partial charge is 0.350 e. The van der Waals surface area contributed by atoms with E-state index in [0.29, 0.717) is 36.5 Å². The van der Waals surface area contributed by atoms with E-state index in [9.17, 15) is 9.59 Å². The van der Waals surface area contributed by atoms with Crippen LogP contribution in [0.3, 0.4) is 0 Å². The van der Waals surface area contributed by atoms with E-state index in [1.807, 2.05) is 43.4 Å². The Labute approximate surface area is 162 Å². The zero-order chi connectivity index (χ0) is 19.5. The minimum Gasteiger partial charge on any atom is -0.350 e. The molecule has 0 spiro atoms. The molecule has 1 aliphatic rings. The number of aromatic nitrogens is 2. The van der Waals surface area contributed by atoms with Gasteiger partial charge in [-0.2, -0.15) is 5.10 Å². The molecule has 2 aromatic carbocycles. The molecule has 142 valence electrons. The molecule has 0 saturated heterocycles. The zero-order valence-electron chi connectivity index (χ0n) is 15.5. The zero-order valence-corrected chi connectivity index (χ0v) is 15.5. The fourth-order valence-corrected chi connectivity index (χ4v) is 3.47. The van der Waals surface area contributed by atoms with Crippen molar-refractivity contribution in [3.63, 3.8) is 0 Å². The predicted molar refractivity (Wildman–Crippen MR) is 107 cm³/mol. The molecule has 3 aromatic rings. The molecule has 0 bridgehead atoms. The van der Waals surface area contributed by atoms with Gasteiger partial charge in [0.1, 0.15) is 5.69 Å². The van der Waals surface area contributed by atoms with Crippen LogP contribution in [0.1, 0.15) is 32.1 Å². The van der Waals surface area contributed by atoms with Crippen LogP contribution < -0.4 is 16.0 Å². The van der Waals surface area contributed by atoms with Crippen LogP contribution in [0.15, 0.2) is 48.5 Å². The number of benzene rings is 2. The topological polar surface area (TPSA) is 98.9 Å². The number of amides is 2. The number of carbonyl (C=O) groups is 2. The van der Waals surface area contributed by atoms with E-state index in [1.54, 1.807) is 0 Å². The fourth-order valence-electron chi connectivity index (χ4n) is 3.47. The summed E-state index contributed by atoms with van der Waals surface area (Å²) in [6, 6.07) is 16.0. The van der Waals surface area contributed by atoms with Crippen LogP contribution in [0.2, 0.25) is 0 Å². The van der Waals surface area contributed by atoms with Gasteiger partial charge >= 0.3 is 0 Å². The third-order valence-corrected chi connectivity index (χ3v) is 4.78. The lowest BCUT2D eigenvalue weighted by atomic mass is 9.99. The summed E-state index contributed by atoms with van der Waals surface area (Å²) in [5.41, 5.74) is 5.30. The van der Waals surface area contributed by atoms with Crippen molar-refractivity contribution in [2.24, 2.45) is 0 Å². The van der Waals surface area contributed by atoms with Crippen LogP contribution in [0.5, 0.6) is 0 Å². The first-order valence-corrected chi connectivity index (χ1v) is 9.17. The summed E-state index contributed by atoms with van der Waals surface area (Å²) in [7, 11) is 1.89. The second-order valence-corrected chi connectivity index (χ2v) is 6.65. The first kappa shape index (κ1) is 17.9. The SMILES string of the molecule is CNCc1cc(NC(=O)c2n[nH]c3c2CCNC3=O)ccc1-c1ccccc1. The van der Waals surface area contributed by atoms with Gasteiger partial charge in [-0.05, 0) is 42.3 Å². The average molecular weight is 375 g/mol. The molecule has 4 rings (SSSR count). The molecular weight excluding hydrogens is 354 g/mol. The summed E-state index contributed by atoms with van der Waals surface area (Å²) in [5.74, 6) is -0.550. The Morgan fingerprint density at radius 2 is 2.00 bits per heavy atom. The van der Waals surface area contributed by atoms with Crippen molar-refractivity contribution in [1.29, 1.82) is 0 Å². The molecule has 0 atom stereocenters. The minimum absolute atomic E-state index is 0.226. The molecule has 0 aliphatic carbocycles. The van der Waals surface area contributed by atoms with E-state index in [4.69, 9.17) is 0 Å². The van der Waals surface area contributed by atoms with Crippen LogP contribution in [-0.4, -0.2) is 35.6 Å². The molecule has 2 heterocycles. The molecule has 1 aromatic heterocycles. The Morgan fingerprint density at radius 3 is 2.79 bits per heavy atom. The minimum atomic E-state index is -0.324. The van der Waals surface area contributed by atoms with Gasteiger partial charge < -0.3 is 16.0 Å². The van der Waals surface area contributed by atoms with Gasteiger partial charge in [-0.15, -0.1) is 0 Å². The van der Waals surface area contributed by atoms with Gasteiger partial charge in [0.25, 0.3) is 11.8 Å². The summed E-state index contributed by atoms with van der Waals surface area (Å²) in [4.78, 5) is 24.6. The molecule has 4 N–H and O–H groups in total. The fraction of sp³-hybridized carbons (Fsp3) is 0.190. The lowest BCUT2D eigenvalue weighted by Crippen LogP contribution is -2.32. The molecule has 0 saturated carbocycles. The van der Waals surface area contributed by atoms with E-state index in [1.165, 1.54) is 0 Å². The number of anilines is 1. The normalized spacial score (nSPS) is 13.0. The van der Waals surface area contributed by atoms with Gasteiger partial charge in [-0.25, -0.2) is 0 Å². The van der Waals surface area contributed by atoms with Gasteiger partial charge in [-0.3, -0.25) is 14.7 Å². The molecule has 0 fully saturated rings.